The summed E-state index contributed by atoms with van der Waals surface area (Å²) >= 11 is 5.99. The Labute approximate surface area is 145 Å². The van der Waals surface area contributed by atoms with Crippen LogP contribution in [0, 0.1) is 5.92 Å². The van der Waals surface area contributed by atoms with E-state index < -0.39 is 0 Å². The van der Waals surface area contributed by atoms with Crippen LogP contribution in [0.4, 0.5) is 0 Å². The summed E-state index contributed by atoms with van der Waals surface area (Å²) in [7, 11) is 0. The highest BCUT2D eigenvalue weighted by Crippen LogP contribution is 2.36. The lowest BCUT2D eigenvalue weighted by atomic mass is 9.83. The van der Waals surface area contributed by atoms with Crippen LogP contribution in [0.15, 0.2) is 10.7 Å². The van der Waals surface area contributed by atoms with E-state index in [0.29, 0.717) is 35.6 Å². The normalized spacial score (nSPS) is 21.8. The fourth-order valence-corrected chi connectivity index (χ4v) is 4.02. The summed E-state index contributed by atoms with van der Waals surface area (Å²) in [5.41, 5.74) is 2.85. The molecule has 0 bridgehead atoms. The topological polar surface area (TPSA) is 75.0 Å². The molecule has 0 spiro atoms. The van der Waals surface area contributed by atoms with Crippen LogP contribution in [0.1, 0.15) is 59.6 Å². The number of H-pyrrole nitrogens is 1. The Hall–Kier alpha value is -1.82. The molecule has 1 unspecified atom stereocenters. The van der Waals surface area contributed by atoms with Gasteiger partial charge in [0.05, 0.1) is 16.9 Å². The molecule has 1 saturated heterocycles. The van der Waals surface area contributed by atoms with E-state index in [4.69, 9.17) is 16.1 Å². The first-order chi connectivity index (χ1) is 11.6. The standard InChI is InChI=1S/C17H21ClN4O2/c1-10-2-3-14-12(8-10)16(24-21-14)11-4-6-22(7-5-11)17(23)15-13(18)9-19-20-15/h9-11H,2-8H2,1H3,(H,19,20). The molecule has 0 aromatic carbocycles. The van der Waals surface area contributed by atoms with Gasteiger partial charge in [0.15, 0.2) is 0 Å². The van der Waals surface area contributed by atoms with Gasteiger partial charge in [0.1, 0.15) is 11.5 Å². The molecule has 24 heavy (non-hydrogen) atoms. The fourth-order valence-electron chi connectivity index (χ4n) is 3.85. The maximum absolute atomic E-state index is 12.5. The summed E-state index contributed by atoms with van der Waals surface area (Å²) in [5, 5.41) is 11.2. The van der Waals surface area contributed by atoms with Gasteiger partial charge in [-0.2, -0.15) is 5.10 Å². The predicted molar refractivity (Wildman–Crippen MR) is 89.2 cm³/mol. The van der Waals surface area contributed by atoms with Gasteiger partial charge in [-0.05, 0) is 38.0 Å². The minimum atomic E-state index is -0.0795. The first-order valence-corrected chi connectivity index (χ1v) is 8.96. The lowest BCUT2D eigenvalue weighted by Crippen LogP contribution is -2.38. The molecule has 128 valence electrons. The summed E-state index contributed by atoms with van der Waals surface area (Å²) in [6, 6.07) is 0. The number of nitrogens with one attached hydrogen (secondary N) is 1. The third kappa shape index (κ3) is 2.73. The molecule has 2 aliphatic rings. The maximum Gasteiger partial charge on any atom is 0.273 e. The zero-order valence-corrected chi connectivity index (χ0v) is 14.5. The number of fused-ring (bicyclic) bond motifs is 1. The van der Waals surface area contributed by atoms with Crippen molar-refractivity contribution in [1.29, 1.82) is 0 Å². The average molecular weight is 349 g/mol. The van der Waals surface area contributed by atoms with Gasteiger partial charge in [-0.15, -0.1) is 0 Å². The van der Waals surface area contributed by atoms with Crippen molar-refractivity contribution in [2.75, 3.05) is 13.1 Å². The first kappa shape index (κ1) is 15.7. The number of carbonyl (C=O) groups is 1. The number of hydrogen-bond acceptors (Lipinski definition) is 4. The number of aromatic nitrogens is 3. The van der Waals surface area contributed by atoms with E-state index in [9.17, 15) is 4.79 Å². The molecular formula is C17H21ClN4O2. The summed E-state index contributed by atoms with van der Waals surface area (Å²) in [4.78, 5) is 14.3. The molecule has 1 aliphatic heterocycles. The molecule has 2 aromatic rings. The monoisotopic (exact) mass is 348 g/mol. The molecule has 1 N–H and O–H groups in total. The van der Waals surface area contributed by atoms with E-state index >= 15 is 0 Å². The number of aromatic amines is 1. The van der Waals surface area contributed by atoms with Gasteiger partial charge in [0.25, 0.3) is 5.91 Å². The van der Waals surface area contributed by atoms with Crippen LogP contribution >= 0.6 is 11.6 Å². The van der Waals surface area contributed by atoms with Crippen molar-refractivity contribution < 1.29 is 9.32 Å². The molecule has 3 heterocycles. The second-order valence-corrected chi connectivity index (χ2v) is 7.39. The second-order valence-electron chi connectivity index (χ2n) is 6.98. The van der Waals surface area contributed by atoms with Gasteiger partial charge in [-0.1, -0.05) is 23.7 Å². The van der Waals surface area contributed by atoms with Gasteiger partial charge >= 0.3 is 0 Å². The molecule has 6 nitrogen and oxygen atoms in total. The first-order valence-electron chi connectivity index (χ1n) is 8.59. The van der Waals surface area contributed by atoms with Crippen LogP contribution < -0.4 is 0 Å². The van der Waals surface area contributed by atoms with E-state index in [-0.39, 0.29) is 5.91 Å². The lowest BCUT2D eigenvalue weighted by molar-refractivity contribution is 0.0700. The van der Waals surface area contributed by atoms with Crippen LogP contribution in [0.5, 0.6) is 0 Å². The molecule has 1 fully saturated rings. The number of carbonyl (C=O) groups excluding carboxylic acids is 1. The van der Waals surface area contributed by atoms with E-state index in [1.165, 1.54) is 18.2 Å². The Morgan fingerprint density at radius 1 is 1.38 bits per heavy atom. The number of amides is 1. The minimum Gasteiger partial charge on any atom is -0.361 e. The number of piperidine rings is 1. The third-order valence-electron chi connectivity index (χ3n) is 5.29. The van der Waals surface area contributed by atoms with Crippen molar-refractivity contribution in [2.45, 2.75) is 44.9 Å². The van der Waals surface area contributed by atoms with Crippen molar-refractivity contribution in [3.63, 3.8) is 0 Å². The zero-order chi connectivity index (χ0) is 16.7. The van der Waals surface area contributed by atoms with Gasteiger partial charge in [0, 0.05) is 24.6 Å². The van der Waals surface area contributed by atoms with Crippen molar-refractivity contribution in [2.24, 2.45) is 5.92 Å². The Balaban J connectivity index is 1.45. The summed E-state index contributed by atoms with van der Waals surface area (Å²) in [5.74, 6) is 2.03. The summed E-state index contributed by atoms with van der Waals surface area (Å²) in [6.45, 7) is 3.68. The molecule has 4 rings (SSSR count). The highest BCUT2D eigenvalue weighted by molar-refractivity contribution is 6.33. The highest BCUT2D eigenvalue weighted by atomic mass is 35.5. The molecule has 1 aliphatic carbocycles. The zero-order valence-electron chi connectivity index (χ0n) is 13.7. The molecule has 1 amide bonds. The molecule has 0 saturated carbocycles. The Morgan fingerprint density at radius 3 is 2.88 bits per heavy atom. The minimum absolute atomic E-state index is 0.0795. The number of halogens is 1. The number of nitrogens with zero attached hydrogens (tertiary/aromatic N) is 3. The van der Waals surface area contributed by atoms with E-state index in [0.717, 1.165) is 37.1 Å². The molecular weight excluding hydrogens is 328 g/mol. The van der Waals surface area contributed by atoms with Crippen LogP contribution in [0.2, 0.25) is 5.02 Å². The molecule has 7 heteroatoms. The quantitative estimate of drug-likeness (QED) is 0.904. The second kappa shape index (κ2) is 6.24. The van der Waals surface area contributed by atoms with Crippen molar-refractivity contribution in [3.8, 4) is 0 Å². The smallest absolute Gasteiger partial charge is 0.273 e. The van der Waals surface area contributed by atoms with Gasteiger partial charge in [0.2, 0.25) is 0 Å². The van der Waals surface area contributed by atoms with E-state index in [1.54, 1.807) is 0 Å². The van der Waals surface area contributed by atoms with Crippen LogP contribution in [-0.4, -0.2) is 39.3 Å². The Bertz CT molecular complexity index is 746. The van der Waals surface area contributed by atoms with Crippen molar-refractivity contribution >= 4 is 17.5 Å². The van der Waals surface area contributed by atoms with Gasteiger partial charge in [-0.3, -0.25) is 9.89 Å². The number of rotatable bonds is 2. The predicted octanol–water partition coefficient (Wildman–Crippen LogP) is 3.20. The maximum atomic E-state index is 12.5. The van der Waals surface area contributed by atoms with Crippen LogP contribution in [0.25, 0.3) is 0 Å². The largest absolute Gasteiger partial charge is 0.361 e. The third-order valence-corrected chi connectivity index (χ3v) is 5.57. The van der Waals surface area contributed by atoms with Crippen LogP contribution in [-0.2, 0) is 12.8 Å². The van der Waals surface area contributed by atoms with Crippen LogP contribution in [0.3, 0.4) is 0 Å². The van der Waals surface area contributed by atoms with Crippen molar-refractivity contribution in [3.05, 3.63) is 33.9 Å². The molecule has 1 atom stereocenters. The van der Waals surface area contributed by atoms with Gasteiger partial charge < -0.3 is 9.42 Å². The van der Waals surface area contributed by atoms with Gasteiger partial charge in [-0.25, -0.2) is 0 Å². The average Bonchev–Trinajstić information content (AvgIpc) is 3.20. The Morgan fingerprint density at radius 2 is 2.17 bits per heavy atom. The molecule has 2 aromatic heterocycles. The van der Waals surface area contributed by atoms with Crippen molar-refractivity contribution in [1.82, 2.24) is 20.3 Å². The summed E-state index contributed by atoms with van der Waals surface area (Å²) in [6.07, 6.45) is 6.54. The number of likely N-dealkylation sites (tertiary alicyclic amines) is 1. The molecule has 0 radical (unpaired) electrons. The van der Waals surface area contributed by atoms with E-state index in [1.807, 2.05) is 4.90 Å². The Kier molecular flexibility index (Phi) is 4.08. The number of aryl methyl sites for hydroxylation is 1. The number of hydrogen-bond donors (Lipinski definition) is 1. The highest BCUT2D eigenvalue weighted by Gasteiger charge is 2.32. The summed E-state index contributed by atoms with van der Waals surface area (Å²) < 4.78 is 5.70. The fraction of sp³-hybridized carbons (Fsp3) is 0.588. The van der Waals surface area contributed by atoms with E-state index in [2.05, 4.69) is 22.3 Å². The SMILES string of the molecule is CC1CCc2noc(C3CCN(C(=O)c4[nH]ncc4Cl)CC3)c2C1. The lowest BCUT2D eigenvalue weighted by Gasteiger charge is -2.31.